The highest BCUT2D eigenvalue weighted by Crippen LogP contribution is 2.19. The Morgan fingerprint density at radius 3 is 2.78 bits per heavy atom. The van der Waals surface area contributed by atoms with Gasteiger partial charge < -0.3 is 9.26 Å². The number of carbonyl (C=O) groups excluding carboxylic acids is 1. The fourth-order valence-electron chi connectivity index (χ4n) is 1.42. The smallest absolute Gasteiger partial charge is 0.234 e. The maximum Gasteiger partial charge on any atom is 0.234 e. The van der Waals surface area contributed by atoms with Crippen LogP contribution in [0.1, 0.15) is 5.89 Å². The summed E-state index contributed by atoms with van der Waals surface area (Å²) in [5.74, 6) is 0.682. The molecular formula is C12H11BrN2O3. The Morgan fingerprint density at radius 2 is 2.11 bits per heavy atom. The number of benzene rings is 1. The molecule has 5 nitrogen and oxygen atoms in total. The number of aromatic nitrogens is 2. The summed E-state index contributed by atoms with van der Waals surface area (Å²) in [4.78, 5) is 15.5. The number of carbonyl (C=O) groups is 1. The minimum atomic E-state index is -0.0940. The van der Waals surface area contributed by atoms with Crippen LogP contribution in [-0.4, -0.2) is 29.6 Å². The number of nitrogens with zero attached hydrogens (tertiary/aromatic N) is 2. The first-order chi connectivity index (χ1) is 8.69. The largest absolute Gasteiger partial charge is 0.377 e. The summed E-state index contributed by atoms with van der Waals surface area (Å²) < 4.78 is 10.7. The Hall–Kier alpha value is -1.53. The molecule has 1 aromatic carbocycles. The van der Waals surface area contributed by atoms with Crippen LogP contribution in [0.4, 0.5) is 0 Å². The Balaban J connectivity index is 2.10. The molecule has 0 N–H and O–H groups in total. The zero-order valence-corrected chi connectivity index (χ0v) is 11.3. The molecule has 0 atom stereocenters. The second-order valence-corrected chi connectivity index (χ2v) is 4.58. The average molecular weight is 311 g/mol. The van der Waals surface area contributed by atoms with Crippen LogP contribution in [-0.2, 0) is 16.0 Å². The summed E-state index contributed by atoms with van der Waals surface area (Å²) in [6.07, 6.45) is 0.0946. The number of ketones is 1. The zero-order chi connectivity index (χ0) is 13.0. The monoisotopic (exact) mass is 310 g/mol. The second kappa shape index (κ2) is 5.88. The van der Waals surface area contributed by atoms with Gasteiger partial charge in [0.1, 0.15) is 6.61 Å². The van der Waals surface area contributed by atoms with Crippen molar-refractivity contribution in [3.63, 3.8) is 0 Å². The molecule has 0 aliphatic carbocycles. The highest BCUT2D eigenvalue weighted by molar-refractivity contribution is 9.10. The van der Waals surface area contributed by atoms with Crippen LogP contribution >= 0.6 is 15.9 Å². The van der Waals surface area contributed by atoms with Crippen LogP contribution in [0.2, 0.25) is 0 Å². The highest BCUT2D eigenvalue weighted by Gasteiger charge is 2.12. The van der Waals surface area contributed by atoms with Crippen LogP contribution in [0.15, 0.2) is 33.3 Å². The van der Waals surface area contributed by atoms with E-state index in [1.54, 1.807) is 0 Å². The molecule has 1 aromatic heterocycles. The predicted molar refractivity (Wildman–Crippen MR) is 68.0 cm³/mol. The number of hydrogen-bond acceptors (Lipinski definition) is 5. The van der Waals surface area contributed by atoms with Gasteiger partial charge in [-0.1, -0.05) is 21.1 Å². The van der Waals surface area contributed by atoms with Crippen molar-refractivity contribution in [2.45, 2.75) is 6.42 Å². The SMILES string of the molecule is COCC(=O)Cc1nc(-c2ccc(Br)cc2)no1. The van der Waals surface area contributed by atoms with E-state index < -0.39 is 0 Å². The lowest BCUT2D eigenvalue weighted by Gasteiger charge is -1.94. The number of hydrogen-bond donors (Lipinski definition) is 0. The molecular weight excluding hydrogens is 300 g/mol. The second-order valence-electron chi connectivity index (χ2n) is 3.67. The molecule has 0 aliphatic rings. The van der Waals surface area contributed by atoms with Crippen LogP contribution in [0, 0.1) is 0 Å². The first kappa shape index (κ1) is 12.9. The molecule has 0 aliphatic heterocycles. The number of Topliss-reactive ketones (excluding diaryl/α,β-unsaturated/α-hetero) is 1. The van der Waals surface area contributed by atoms with Crippen LogP contribution in [0.5, 0.6) is 0 Å². The molecule has 18 heavy (non-hydrogen) atoms. The molecule has 0 radical (unpaired) electrons. The van der Waals surface area contributed by atoms with Gasteiger partial charge in [0, 0.05) is 17.1 Å². The first-order valence-corrected chi connectivity index (χ1v) is 6.07. The predicted octanol–water partition coefficient (Wildman–Crippen LogP) is 2.26. The lowest BCUT2D eigenvalue weighted by atomic mass is 10.2. The van der Waals surface area contributed by atoms with Crippen LogP contribution in [0.3, 0.4) is 0 Å². The topological polar surface area (TPSA) is 65.2 Å². The molecule has 2 rings (SSSR count). The normalized spacial score (nSPS) is 10.6. The molecule has 0 bridgehead atoms. The van der Waals surface area contributed by atoms with Crippen molar-refractivity contribution in [3.8, 4) is 11.4 Å². The maximum atomic E-state index is 11.3. The lowest BCUT2D eigenvalue weighted by molar-refractivity contribution is -0.122. The third-order valence-electron chi connectivity index (χ3n) is 2.22. The van der Waals surface area contributed by atoms with Crippen molar-refractivity contribution in [2.75, 3.05) is 13.7 Å². The van der Waals surface area contributed by atoms with Crippen molar-refractivity contribution < 1.29 is 14.1 Å². The Morgan fingerprint density at radius 1 is 1.39 bits per heavy atom. The van der Waals surface area contributed by atoms with Crippen molar-refractivity contribution in [1.82, 2.24) is 10.1 Å². The maximum absolute atomic E-state index is 11.3. The Labute approximate surface area is 112 Å². The third-order valence-corrected chi connectivity index (χ3v) is 2.75. The van der Waals surface area contributed by atoms with E-state index >= 15 is 0 Å². The van der Waals surface area contributed by atoms with Gasteiger partial charge in [-0.2, -0.15) is 4.98 Å². The van der Waals surface area contributed by atoms with E-state index in [9.17, 15) is 4.79 Å². The summed E-state index contributed by atoms with van der Waals surface area (Å²) in [6.45, 7) is 0.0516. The summed E-state index contributed by atoms with van der Waals surface area (Å²) in [5, 5.41) is 3.83. The number of ether oxygens (including phenoxy) is 1. The molecule has 94 valence electrons. The van der Waals surface area contributed by atoms with Crippen molar-refractivity contribution in [3.05, 3.63) is 34.6 Å². The van der Waals surface area contributed by atoms with Gasteiger partial charge in [0.05, 0.1) is 6.42 Å². The summed E-state index contributed by atoms with van der Waals surface area (Å²) in [7, 11) is 1.47. The molecule has 0 amide bonds. The number of halogens is 1. The van der Waals surface area contributed by atoms with Crippen molar-refractivity contribution in [1.29, 1.82) is 0 Å². The zero-order valence-electron chi connectivity index (χ0n) is 9.72. The van der Waals surface area contributed by atoms with Gasteiger partial charge in [-0.05, 0) is 24.3 Å². The third kappa shape index (κ3) is 3.24. The molecule has 0 unspecified atom stereocenters. The van der Waals surface area contributed by atoms with Gasteiger partial charge in [0.25, 0.3) is 0 Å². The van der Waals surface area contributed by atoms with Gasteiger partial charge in [-0.25, -0.2) is 0 Å². The summed E-state index contributed by atoms with van der Waals surface area (Å²) in [5.41, 5.74) is 0.840. The van der Waals surface area contributed by atoms with E-state index in [0.29, 0.717) is 11.7 Å². The van der Waals surface area contributed by atoms with E-state index in [2.05, 4.69) is 26.1 Å². The molecule has 0 saturated heterocycles. The van der Waals surface area contributed by atoms with Crippen molar-refractivity contribution in [2.24, 2.45) is 0 Å². The van der Waals surface area contributed by atoms with Crippen LogP contribution < -0.4 is 0 Å². The minimum absolute atomic E-state index is 0.0516. The molecule has 0 fully saturated rings. The van der Waals surface area contributed by atoms with E-state index in [-0.39, 0.29) is 18.8 Å². The van der Waals surface area contributed by atoms with Crippen molar-refractivity contribution >= 4 is 21.7 Å². The first-order valence-electron chi connectivity index (χ1n) is 5.28. The quantitative estimate of drug-likeness (QED) is 0.847. The van der Waals surface area contributed by atoms with E-state index in [1.165, 1.54) is 7.11 Å². The summed E-state index contributed by atoms with van der Waals surface area (Å²) >= 11 is 3.35. The molecule has 2 aromatic rings. The Bertz CT molecular complexity index is 537. The van der Waals surface area contributed by atoms with Crippen LogP contribution in [0.25, 0.3) is 11.4 Å². The van der Waals surface area contributed by atoms with Gasteiger partial charge in [-0.3, -0.25) is 4.79 Å². The molecule has 1 heterocycles. The fourth-order valence-corrected chi connectivity index (χ4v) is 1.69. The van der Waals surface area contributed by atoms with E-state index in [4.69, 9.17) is 9.26 Å². The average Bonchev–Trinajstić information content (AvgIpc) is 2.78. The molecule has 6 heteroatoms. The Kier molecular flexibility index (Phi) is 4.22. The van der Waals surface area contributed by atoms with Gasteiger partial charge in [0.15, 0.2) is 5.78 Å². The number of rotatable bonds is 5. The van der Waals surface area contributed by atoms with Gasteiger partial charge in [-0.15, -0.1) is 0 Å². The fraction of sp³-hybridized carbons (Fsp3) is 0.250. The van der Waals surface area contributed by atoms with Gasteiger partial charge >= 0.3 is 0 Å². The molecule has 0 saturated carbocycles. The minimum Gasteiger partial charge on any atom is -0.377 e. The standard InChI is InChI=1S/C12H11BrN2O3/c1-17-7-10(16)6-11-14-12(15-18-11)8-2-4-9(13)5-3-8/h2-5H,6-7H2,1H3. The molecule has 0 spiro atoms. The van der Waals surface area contributed by atoms with E-state index in [1.807, 2.05) is 24.3 Å². The summed E-state index contributed by atoms with van der Waals surface area (Å²) in [6, 6.07) is 7.52. The van der Waals surface area contributed by atoms with Gasteiger partial charge in [0.2, 0.25) is 11.7 Å². The highest BCUT2D eigenvalue weighted by atomic mass is 79.9. The van der Waals surface area contributed by atoms with E-state index in [0.717, 1.165) is 10.0 Å². The number of methoxy groups -OCH3 is 1. The lowest BCUT2D eigenvalue weighted by Crippen LogP contribution is -2.09.